The Labute approximate surface area is 142 Å². The van der Waals surface area contributed by atoms with Gasteiger partial charge in [0.05, 0.1) is 5.69 Å². The third kappa shape index (κ3) is 4.23. The summed E-state index contributed by atoms with van der Waals surface area (Å²) in [5, 5.41) is 0. The predicted octanol–water partition coefficient (Wildman–Crippen LogP) is 5.30. The number of rotatable bonds is 5. The molecule has 120 valence electrons. The van der Waals surface area contributed by atoms with Crippen molar-refractivity contribution in [1.82, 2.24) is 0 Å². The van der Waals surface area contributed by atoms with Crippen molar-refractivity contribution in [1.29, 1.82) is 0 Å². The van der Waals surface area contributed by atoms with E-state index in [1.165, 1.54) is 0 Å². The first-order valence-corrected chi connectivity index (χ1v) is 7.85. The fourth-order valence-electron chi connectivity index (χ4n) is 2.27. The minimum Gasteiger partial charge on any atom is -0.457 e. The number of para-hydroxylation sites is 1. The zero-order valence-electron chi connectivity index (χ0n) is 13.9. The third-order valence-corrected chi connectivity index (χ3v) is 3.57. The minimum atomic E-state index is 0.799. The van der Waals surface area contributed by atoms with Crippen LogP contribution in [0.1, 0.15) is 5.56 Å². The molecule has 0 atom stereocenters. The lowest BCUT2D eigenvalue weighted by molar-refractivity contribution is 0.482. The van der Waals surface area contributed by atoms with Gasteiger partial charge in [-0.05, 0) is 54.1 Å². The van der Waals surface area contributed by atoms with E-state index < -0.39 is 0 Å². The Bertz CT molecular complexity index is 809. The van der Waals surface area contributed by atoms with Crippen LogP contribution >= 0.6 is 0 Å². The van der Waals surface area contributed by atoms with Crippen LogP contribution in [0, 0.1) is 0 Å². The summed E-state index contributed by atoms with van der Waals surface area (Å²) in [6.45, 7) is 0. The smallest absolute Gasteiger partial charge is 0.128 e. The predicted molar refractivity (Wildman–Crippen MR) is 101 cm³/mol. The Morgan fingerprint density at radius 1 is 0.792 bits per heavy atom. The van der Waals surface area contributed by atoms with Crippen molar-refractivity contribution >= 4 is 17.6 Å². The number of anilines is 1. The Hall–Kier alpha value is -3.07. The van der Waals surface area contributed by atoms with Crippen molar-refractivity contribution in [2.45, 2.75) is 0 Å². The van der Waals surface area contributed by atoms with Crippen LogP contribution in [0.4, 0.5) is 11.4 Å². The number of aliphatic imine (C=N–C) groups is 1. The molecule has 0 aliphatic rings. The van der Waals surface area contributed by atoms with Gasteiger partial charge in [0, 0.05) is 26.0 Å². The van der Waals surface area contributed by atoms with Gasteiger partial charge in [-0.1, -0.05) is 30.3 Å². The average Bonchev–Trinajstić information content (AvgIpc) is 2.61. The highest BCUT2D eigenvalue weighted by Gasteiger charge is 1.98. The van der Waals surface area contributed by atoms with Crippen molar-refractivity contribution in [3.63, 3.8) is 0 Å². The van der Waals surface area contributed by atoms with E-state index in [9.17, 15) is 0 Å². The van der Waals surface area contributed by atoms with E-state index in [4.69, 9.17) is 4.74 Å². The van der Waals surface area contributed by atoms with Gasteiger partial charge in [-0.25, -0.2) is 0 Å². The van der Waals surface area contributed by atoms with E-state index >= 15 is 0 Å². The largest absolute Gasteiger partial charge is 0.457 e. The summed E-state index contributed by atoms with van der Waals surface area (Å²) in [5.74, 6) is 1.62. The first-order valence-electron chi connectivity index (χ1n) is 7.85. The van der Waals surface area contributed by atoms with Gasteiger partial charge in [0.15, 0.2) is 0 Å². The summed E-state index contributed by atoms with van der Waals surface area (Å²) in [5.41, 5.74) is 3.09. The maximum atomic E-state index is 5.85. The minimum absolute atomic E-state index is 0.799. The summed E-state index contributed by atoms with van der Waals surface area (Å²) in [6, 6.07) is 25.8. The van der Waals surface area contributed by atoms with Gasteiger partial charge in [0.1, 0.15) is 11.5 Å². The highest BCUT2D eigenvalue weighted by molar-refractivity contribution is 5.82. The molecular weight excluding hydrogens is 296 g/mol. The molecule has 3 heteroatoms. The molecule has 0 radical (unpaired) electrons. The van der Waals surface area contributed by atoms with Crippen LogP contribution in [0.15, 0.2) is 83.9 Å². The molecule has 3 nitrogen and oxygen atoms in total. The van der Waals surface area contributed by atoms with Gasteiger partial charge < -0.3 is 9.64 Å². The molecule has 0 aliphatic carbocycles. The summed E-state index contributed by atoms with van der Waals surface area (Å²) in [7, 11) is 4.05. The number of hydrogen-bond donors (Lipinski definition) is 0. The fourth-order valence-corrected chi connectivity index (χ4v) is 2.27. The maximum Gasteiger partial charge on any atom is 0.128 e. The molecule has 0 unspecified atom stereocenters. The quantitative estimate of drug-likeness (QED) is 0.597. The molecule has 0 fully saturated rings. The SMILES string of the molecule is CN(C)c1ccc(N=Cc2cccc(Oc3ccccc3)c2)cc1. The second-order valence-electron chi connectivity index (χ2n) is 5.66. The maximum absolute atomic E-state index is 5.85. The topological polar surface area (TPSA) is 24.8 Å². The van der Waals surface area contributed by atoms with Crippen LogP contribution in [-0.4, -0.2) is 20.3 Å². The van der Waals surface area contributed by atoms with Crippen LogP contribution in [-0.2, 0) is 0 Å². The average molecular weight is 316 g/mol. The van der Waals surface area contributed by atoms with Crippen molar-refractivity contribution in [2.24, 2.45) is 4.99 Å². The lowest BCUT2D eigenvalue weighted by Crippen LogP contribution is -2.07. The molecule has 0 spiro atoms. The lowest BCUT2D eigenvalue weighted by Gasteiger charge is -2.11. The summed E-state index contributed by atoms with van der Waals surface area (Å²) in [6.07, 6.45) is 1.85. The van der Waals surface area contributed by atoms with Gasteiger partial charge in [-0.3, -0.25) is 4.99 Å². The van der Waals surface area contributed by atoms with Crippen LogP contribution in [0.25, 0.3) is 0 Å². The van der Waals surface area contributed by atoms with E-state index in [0.717, 1.165) is 28.4 Å². The van der Waals surface area contributed by atoms with Crippen LogP contribution in [0.3, 0.4) is 0 Å². The van der Waals surface area contributed by atoms with Crippen molar-refractivity contribution in [2.75, 3.05) is 19.0 Å². The van der Waals surface area contributed by atoms with Gasteiger partial charge in [0.2, 0.25) is 0 Å². The Balaban J connectivity index is 1.72. The first-order chi connectivity index (χ1) is 11.7. The first kappa shape index (κ1) is 15.8. The standard InChI is InChI=1S/C21H20N2O/c1-23(2)19-13-11-18(12-14-19)22-16-17-7-6-10-21(15-17)24-20-8-4-3-5-9-20/h3-16H,1-2H3. The van der Waals surface area contributed by atoms with Crippen molar-refractivity contribution in [3.05, 3.63) is 84.4 Å². The zero-order valence-corrected chi connectivity index (χ0v) is 13.9. The third-order valence-electron chi connectivity index (χ3n) is 3.57. The fraction of sp³-hybridized carbons (Fsp3) is 0.0952. The zero-order chi connectivity index (χ0) is 16.8. The molecule has 0 N–H and O–H groups in total. The van der Waals surface area contributed by atoms with E-state index in [-0.39, 0.29) is 0 Å². The molecular formula is C21H20N2O. The molecule has 0 heterocycles. The Morgan fingerprint density at radius 2 is 1.50 bits per heavy atom. The molecule has 0 bridgehead atoms. The molecule has 3 aromatic rings. The van der Waals surface area contributed by atoms with Crippen LogP contribution < -0.4 is 9.64 Å². The molecule has 0 saturated carbocycles. The van der Waals surface area contributed by atoms with E-state index in [1.54, 1.807) is 0 Å². The highest BCUT2D eigenvalue weighted by Crippen LogP contribution is 2.22. The van der Waals surface area contributed by atoms with Crippen LogP contribution in [0.5, 0.6) is 11.5 Å². The molecule has 3 rings (SSSR count). The molecule has 0 saturated heterocycles. The van der Waals surface area contributed by atoms with Gasteiger partial charge >= 0.3 is 0 Å². The summed E-state index contributed by atoms with van der Waals surface area (Å²) in [4.78, 5) is 6.59. The summed E-state index contributed by atoms with van der Waals surface area (Å²) >= 11 is 0. The van der Waals surface area contributed by atoms with Gasteiger partial charge in [-0.2, -0.15) is 0 Å². The lowest BCUT2D eigenvalue weighted by atomic mass is 10.2. The monoisotopic (exact) mass is 316 g/mol. The van der Waals surface area contributed by atoms with E-state index in [2.05, 4.69) is 22.0 Å². The van der Waals surface area contributed by atoms with E-state index in [1.807, 2.05) is 87.0 Å². The number of nitrogens with zero attached hydrogens (tertiary/aromatic N) is 2. The molecule has 0 aliphatic heterocycles. The van der Waals surface area contributed by atoms with Crippen molar-refractivity contribution < 1.29 is 4.74 Å². The summed E-state index contributed by atoms with van der Waals surface area (Å²) < 4.78 is 5.85. The number of ether oxygens (including phenoxy) is 1. The molecule has 0 amide bonds. The van der Waals surface area contributed by atoms with Crippen molar-refractivity contribution in [3.8, 4) is 11.5 Å². The highest BCUT2D eigenvalue weighted by atomic mass is 16.5. The normalized spacial score (nSPS) is 10.8. The second-order valence-corrected chi connectivity index (χ2v) is 5.66. The number of benzene rings is 3. The van der Waals surface area contributed by atoms with E-state index in [0.29, 0.717) is 0 Å². The number of hydrogen-bond acceptors (Lipinski definition) is 3. The molecule has 0 aromatic heterocycles. The van der Waals surface area contributed by atoms with Gasteiger partial charge in [0.25, 0.3) is 0 Å². The molecule has 24 heavy (non-hydrogen) atoms. The second kappa shape index (κ2) is 7.47. The van der Waals surface area contributed by atoms with Crippen LogP contribution in [0.2, 0.25) is 0 Å². The van der Waals surface area contributed by atoms with Gasteiger partial charge in [-0.15, -0.1) is 0 Å². The Kier molecular flexibility index (Phi) is 4.92. The Morgan fingerprint density at radius 3 is 2.21 bits per heavy atom. The molecule has 3 aromatic carbocycles.